The summed E-state index contributed by atoms with van der Waals surface area (Å²) in [5.41, 5.74) is 21.0. The Morgan fingerprint density at radius 2 is 0.556 bits per heavy atom. The van der Waals surface area contributed by atoms with E-state index in [1.165, 1.54) is 5.39 Å². The van der Waals surface area contributed by atoms with Crippen molar-refractivity contribution in [2.24, 2.45) is 0 Å². The van der Waals surface area contributed by atoms with E-state index in [0.29, 0.717) is 34.9 Å². The molecule has 0 saturated heterocycles. The molecule has 0 aliphatic rings. The van der Waals surface area contributed by atoms with Crippen LogP contribution in [0.2, 0.25) is 15.9 Å². The van der Waals surface area contributed by atoms with Crippen LogP contribution < -0.4 is 0 Å². The van der Waals surface area contributed by atoms with Crippen LogP contribution in [-0.2, 0) is 0 Å². The quantitative estimate of drug-likeness (QED) is 0.122. The van der Waals surface area contributed by atoms with E-state index < -0.39 is 0 Å². The van der Waals surface area contributed by atoms with Crippen molar-refractivity contribution in [3.05, 3.63) is 362 Å². The molecule has 108 heavy (non-hydrogen) atoms. The second-order valence-corrected chi connectivity index (χ2v) is 26.7. The summed E-state index contributed by atoms with van der Waals surface area (Å²) in [7, 11) is 0. The normalized spacial score (nSPS) is 11.3. The summed E-state index contributed by atoms with van der Waals surface area (Å²) >= 11 is 19.0. The number of rotatable bonds is 11. The zero-order valence-electron chi connectivity index (χ0n) is 57.3. The van der Waals surface area contributed by atoms with Gasteiger partial charge in [0.15, 0.2) is 34.9 Å². The SMILES string of the molecule is Clc1nc(-c2ccc(-c3ccccc3)cc2)nc(-c2ccc3c(c2)c2ccccc2n3-c2ccccc2)n1.Clc1nc(-c2ccccc2)nc(-c2cc(-c3ccccc3)cc(-c3cccc4oc5ccccc5c34)c2)n1.Clc1nc(-c2ccccc2)nc(-c2ccc(-c3ccc4oc5ccccc5c4c3)cc2)n1. The molecule has 0 unspecified atom stereocenters. The first-order valence-electron chi connectivity index (χ1n) is 35.0. The molecule has 20 rings (SSSR count). The Hall–Kier alpha value is -13.6. The lowest BCUT2D eigenvalue weighted by Crippen LogP contribution is -1.98. The highest BCUT2D eigenvalue weighted by Crippen LogP contribution is 2.42. The van der Waals surface area contributed by atoms with Crippen molar-refractivity contribution in [2.75, 3.05) is 0 Å². The van der Waals surface area contributed by atoms with Crippen LogP contribution in [0, 0.1) is 0 Å². The van der Waals surface area contributed by atoms with Crippen molar-refractivity contribution in [1.29, 1.82) is 0 Å². The van der Waals surface area contributed by atoms with E-state index in [0.717, 1.165) is 144 Å². The number of fused-ring (bicyclic) bond motifs is 9. The molecule has 0 N–H and O–H groups in total. The van der Waals surface area contributed by atoms with Crippen LogP contribution in [0.15, 0.2) is 355 Å². The van der Waals surface area contributed by atoms with Gasteiger partial charge in [0.1, 0.15) is 22.3 Å². The second kappa shape index (κ2) is 29.1. The third-order valence-corrected chi connectivity index (χ3v) is 19.5. The molecule has 0 radical (unpaired) electrons. The maximum absolute atomic E-state index is 6.42. The fraction of sp³-hybridized carbons (Fsp3) is 0. The molecule has 0 bridgehead atoms. The Morgan fingerprint density at radius 1 is 0.204 bits per heavy atom. The molecule has 0 amide bonds. The van der Waals surface area contributed by atoms with E-state index >= 15 is 0 Å². The Kier molecular flexibility index (Phi) is 17.9. The van der Waals surface area contributed by atoms with Crippen molar-refractivity contribution in [3.63, 3.8) is 0 Å². The number of para-hydroxylation sites is 4. The van der Waals surface area contributed by atoms with Crippen molar-refractivity contribution in [1.82, 2.24) is 49.4 Å². The molecule has 20 aromatic rings. The van der Waals surface area contributed by atoms with Crippen LogP contribution in [0.1, 0.15) is 0 Å². The highest BCUT2D eigenvalue weighted by atomic mass is 35.5. The number of halogens is 3. The Bertz CT molecular complexity index is 6710. The Morgan fingerprint density at radius 3 is 1.13 bits per heavy atom. The predicted octanol–water partition coefficient (Wildman–Crippen LogP) is 25.1. The summed E-state index contributed by atoms with van der Waals surface area (Å²) < 4.78 is 14.4. The van der Waals surface area contributed by atoms with E-state index in [2.05, 4.69) is 203 Å². The number of nitrogens with zero attached hydrogens (tertiary/aromatic N) is 10. The van der Waals surface area contributed by atoms with Gasteiger partial charge in [0.05, 0.1) is 11.0 Å². The second-order valence-electron chi connectivity index (χ2n) is 25.7. The molecule has 0 aliphatic carbocycles. The lowest BCUT2D eigenvalue weighted by atomic mass is 9.93. The van der Waals surface area contributed by atoms with Gasteiger partial charge < -0.3 is 13.4 Å². The first kappa shape index (κ1) is 66.3. The molecule has 0 atom stereocenters. The monoisotopic (exact) mass is 1450 g/mol. The highest BCUT2D eigenvalue weighted by molar-refractivity contribution is 6.29. The number of furan rings is 2. The molecule has 14 aromatic carbocycles. The minimum Gasteiger partial charge on any atom is -0.456 e. The lowest BCUT2D eigenvalue weighted by Gasteiger charge is -2.12. The average Bonchev–Trinajstić information content (AvgIpc) is 1.58. The first-order chi connectivity index (χ1) is 53.2. The molecular formula is C93H57Cl3N10O2. The molecule has 12 nitrogen and oxygen atoms in total. The van der Waals surface area contributed by atoms with Gasteiger partial charge in [-0.1, -0.05) is 261 Å². The van der Waals surface area contributed by atoms with Gasteiger partial charge in [-0.25, -0.2) is 15.0 Å². The van der Waals surface area contributed by atoms with Gasteiger partial charge in [0.2, 0.25) is 15.9 Å². The number of hydrogen-bond donors (Lipinski definition) is 0. The zero-order valence-corrected chi connectivity index (χ0v) is 59.6. The van der Waals surface area contributed by atoms with Gasteiger partial charge in [-0.05, 0) is 164 Å². The smallest absolute Gasteiger partial charge is 0.226 e. The van der Waals surface area contributed by atoms with Crippen molar-refractivity contribution in [3.8, 4) is 119 Å². The molecule has 0 fully saturated rings. The fourth-order valence-corrected chi connectivity index (χ4v) is 14.3. The summed E-state index contributed by atoms with van der Waals surface area (Å²) in [6.45, 7) is 0. The molecule has 0 spiro atoms. The Labute approximate surface area is 634 Å². The van der Waals surface area contributed by atoms with Gasteiger partial charge in [0.25, 0.3) is 0 Å². The summed E-state index contributed by atoms with van der Waals surface area (Å²) in [4.78, 5) is 40.7. The van der Waals surface area contributed by atoms with Crippen molar-refractivity contribution in [2.45, 2.75) is 0 Å². The third-order valence-electron chi connectivity index (χ3n) is 18.9. The van der Waals surface area contributed by atoms with Crippen LogP contribution in [-0.4, -0.2) is 49.4 Å². The van der Waals surface area contributed by atoms with Crippen molar-refractivity contribution < 1.29 is 8.83 Å². The molecular weight excluding hydrogens is 1400 g/mol. The largest absolute Gasteiger partial charge is 0.456 e. The predicted molar refractivity (Wildman–Crippen MR) is 438 cm³/mol. The molecule has 6 heterocycles. The number of hydrogen-bond acceptors (Lipinski definition) is 11. The van der Waals surface area contributed by atoms with Crippen LogP contribution >= 0.6 is 34.8 Å². The van der Waals surface area contributed by atoms with E-state index in [1.54, 1.807) is 0 Å². The maximum atomic E-state index is 6.42. The summed E-state index contributed by atoms with van der Waals surface area (Å²) in [6.07, 6.45) is 0. The highest BCUT2D eigenvalue weighted by Gasteiger charge is 2.20. The van der Waals surface area contributed by atoms with Gasteiger partial charge in [-0.2, -0.15) is 29.9 Å². The molecule has 15 heteroatoms. The third kappa shape index (κ3) is 13.5. The average molecular weight is 1450 g/mol. The fourth-order valence-electron chi connectivity index (χ4n) is 13.9. The van der Waals surface area contributed by atoms with E-state index in [1.807, 2.05) is 182 Å². The zero-order chi connectivity index (χ0) is 72.4. The molecule has 0 aliphatic heterocycles. The van der Waals surface area contributed by atoms with Gasteiger partial charge in [0, 0.05) is 71.4 Å². The minimum atomic E-state index is 0.156. The van der Waals surface area contributed by atoms with Gasteiger partial charge in [-0.3, -0.25) is 0 Å². The number of aromatic nitrogens is 10. The summed E-state index contributed by atoms with van der Waals surface area (Å²) in [5.74, 6) is 3.26. The van der Waals surface area contributed by atoms with Gasteiger partial charge in [-0.15, -0.1) is 0 Å². The van der Waals surface area contributed by atoms with Crippen molar-refractivity contribution >= 4 is 100 Å². The number of benzene rings is 14. The van der Waals surface area contributed by atoms with Crippen LogP contribution in [0.4, 0.5) is 0 Å². The maximum Gasteiger partial charge on any atom is 0.226 e. The van der Waals surface area contributed by atoms with Gasteiger partial charge >= 0.3 is 0 Å². The Balaban J connectivity index is 0.000000115. The van der Waals surface area contributed by atoms with E-state index in [4.69, 9.17) is 53.6 Å². The standard InChI is InChI=1S/C33H21ClN4.C33H20ClN3O.C27H16ClN3O/c34-33-36-31(24-17-15-23(16-18-24)22-9-3-1-4-10-22)35-32(37-33)25-19-20-30-28(21-25)27-13-7-8-14-29(27)38(30)26-11-5-2-6-12-26;34-33-36-31(22-12-5-2-6-13-22)35-32(37-33)25-19-23(21-10-3-1-4-11-21)18-24(20-25)26-15-9-17-29-30(26)27-14-7-8-16-28(27)38-29;28-27-30-25(18-6-2-1-3-7-18)29-26(31-27)19-12-10-17(11-13-19)20-14-15-24-22(16-20)21-8-4-5-9-23(21)32-24/h1-21H;1-20H;1-16H. The van der Waals surface area contributed by atoms with Crippen LogP contribution in [0.25, 0.3) is 184 Å². The molecule has 0 saturated carbocycles. The molecule has 6 aromatic heterocycles. The lowest BCUT2D eigenvalue weighted by molar-refractivity contribution is 0.668. The summed E-state index contributed by atoms with van der Waals surface area (Å²) in [6, 6.07) is 117. The molecule has 512 valence electrons. The minimum absolute atomic E-state index is 0.156. The van der Waals surface area contributed by atoms with Crippen LogP contribution in [0.5, 0.6) is 0 Å². The summed E-state index contributed by atoms with van der Waals surface area (Å²) in [5, 5.41) is 7.20. The van der Waals surface area contributed by atoms with E-state index in [9.17, 15) is 0 Å². The van der Waals surface area contributed by atoms with E-state index in [-0.39, 0.29) is 15.9 Å². The van der Waals surface area contributed by atoms with Crippen LogP contribution in [0.3, 0.4) is 0 Å². The topological polar surface area (TPSA) is 147 Å². The first-order valence-corrected chi connectivity index (χ1v) is 36.1.